The third-order valence-electron chi connectivity index (χ3n) is 6.93. The summed E-state index contributed by atoms with van der Waals surface area (Å²) < 4.78 is 14.6. The molecule has 0 aromatic heterocycles. The Balaban J connectivity index is 2.12. The minimum Gasteiger partial charge on any atom is -0.404 e. The van der Waals surface area contributed by atoms with E-state index < -0.39 is 12.1 Å². The smallest absolute Gasteiger partial charge is 0.115 e. The van der Waals surface area contributed by atoms with E-state index in [0.29, 0.717) is 12.3 Å². The van der Waals surface area contributed by atoms with Gasteiger partial charge in [0.1, 0.15) is 6.17 Å². The van der Waals surface area contributed by atoms with E-state index in [9.17, 15) is 4.39 Å². The zero-order valence-electron chi connectivity index (χ0n) is 21.0. The van der Waals surface area contributed by atoms with Crippen molar-refractivity contribution in [1.29, 1.82) is 0 Å². The maximum absolute atomic E-state index is 14.6. The van der Waals surface area contributed by atoms with Crippen molar-refractivity contribution >= 4 is 6.21 Å². The molecule has 1 heterocycles. The first kappa shape index (κ1) is 24.9. The van der Waals surface area contributed by atoms with Crippen LogP contribution in [0.3, 0.4) is 0 Å². The lowest BCUT2D eigenvalue weighted by atomic mass is 9.82. The number of likely N-dealkylation sites (N-methyl/N-ethyl adjacent to an activating group) is 1. The van der Waals surface area contributed by atoms with Crippen LogP contribution >= 0.6 is 0 Å². The van der Waals surface area contributed by atoms with Crippen LogP contribution in [0, 0.1) is 23.7 Å². The molecule has 3 rings (SSSR count). The highest BCUT2D eigenvalue weighted by atomic mass is 19.1. The second kappa shape index (κ2) is 10.9. The van der Waals surface area contributed by atoms with Gasteiger partial charge in [-0.05, 0) is 55.9 Å². The molecule has 0 aromatic carbocycles. The van der Waals surface area contributed by atoms with Gasteiger partial charge >= 0.3 is 0 Å². The monoisotopic (exact) mass is 450 g/mol. The maximum atomic E-state index is 14.6. The Bertz CT molecular complexity index is 981. The molecule has 5 heteroatoms. The minimum atomic E-state index is -1.09. The zero-order valence-corrected chi connectivity index (χ0v) is 21.0. The minimum absolute atomic E-state index is 0.289. The molecule has 0 fully saturated rings. The number of nitrogens with two attached hydrogens (primary N) is 1. The van der Waals surface area contributed by atoms with Gasteiger partial charge < -0.3 is 15.5 Å². The van der Waals surface area contributed by atoms with E-state index in [1.807, 2.05) is 0 Å². The van der Waals surface area contributed by atoms with Gasteiger partial charge in [0.05, 0.1) is 12.0 Å². The van der Waals surface area contributed by atoms with Crippen molar-refractivity contribution < 1.29 is 4.39 Å². The Morgan fingerprint density at radius 2 is 2.15 bits per heavy atom. The fourth-order valence-electron chi connectivity index (χ4n) is 5.29. The number of nitrogens with zero attached hydrogens (tertiary/aromatic N) is 3. The first-order valence-corrected chi connectivity index (χ1v) is 12.1. The molecule has 0 radical (unpaired) electrons. The zero-order chi connectivity index (χ0) is 24.1. The second-order valence-corrected chi connectivity index (χ2v) is 9.39. The summed E-state index contributed by atoms with van der Waals surface area (Å²) in [6.07, 6.45) is 12.9. The highest BCUT2D eigenvalue weighted by Gasteiger charge is 2.33. The first-order chi connectivity index (χ1) is 15.8. The summed E-state index contributed by atoms with van der Waals surface area (Å²) in [5, 5.41) is 0. The molecule has 2 aliphatic carbocycles. The van der Waals surface area contributed by atoms with Gasteiger partial charge in [-0.15, -0.1) is 0 Å². The van der Waals surface area contributed by atoms with Gasteiger partial charge in [0.15, 0.2) is 0 Å². The van der Waals surface area contributed by atoms with E-state index in [1.165, 1.54) is 28.7 Å². The van der Waals surface area contributed by atoms with Crippen LogP contribution in [0.15, 0.2) is 63.1 Å². The molecule has 0 aromatic rings. The molecule has 0 saturated heterocycles. The molecule has 0 spiro atoms. The molecule has 4 nitrogen and oxygen atoms in total. The van der Waals surface area contributed by atoms with Crippen LogP contribution in [0.25, 0.3) is 0 Å². The Kier molecular flexibility index (Phi) is 8.24. The number of rotatable bonds is 6. The van der Waals surface area contributed by atoms with Crippen molar-refractivity contribution in [2.24, 2.45) is 22.6 Å². The number of hydrogen-bond acceptors (Lipinski definition) is 4. The lowest BCUT2D eigenvalue weighted by Gasteiger charge is -2.43. The average molecular weight is 451 g/mol. The summed E-state index contributed by atoms with van der Waals surface area (Å²) in [4.78, 5) is 8.91. The molecule has 4 atom stereocenters. The van der Waals surface area contributed by atoms with E-state index in [2.05, 4.69) is 72.8 Å². The molecule has 178 valence electrons. The number of aliphatic imine (C=N–C) groups is 1. The summed E-state index contributed by atoms with van der Waals surface area (Å²) in [7, 11) is 5.92. The summed E-state index contributed by atoms with van der Waals surface area (Å²) in [6, 6.07) is 0.289. The molecule has 33 heavy (non-hydrogen) atoms. The highest BCUT2D eigenvalue weighted by Crippen LogP contribution is 2.38. The SMILES string of the molecule is CCC1C=C(C)C(N(C)C)=CC1N1CCCC2=C1CC#CC(C(C)F)C(C(C=NC)=CN)=C2. The summed E-state index contributed by atoms with van der Waals surface area (Å²) >= 11 is 0. The quantitative estimate of drug-likeness (QED) is 0.458. The van der Waals surface area contributed by atoms with Gasteiger partial charge in [-0.1, -0.05) is 30.9 Å². The van der Waals surface area contributed by atoms with Crippen molar-refractivity contribution in [1.82, 2.24) is 9.80 Å². The summed E-state index contributed by atoms with van der Waals surface area (Å²) in [5.41, 5.74) is 12.6. The highest BCUT2D eigenvalue weighted by molar-refractivity contribution is 5.85. The Hall–Kier alpha value is -2.74. The largest absolute Gasteiger partial charge is 0.404 e. The van der Waals surface area contributed by atoms with E-state index in [4.69, 9.17) is 5.73 Å². The number of halogens is 1. The third kappa shape index (κ3) is 5.27. The van der Waals surface area contributed by atoms with E-state index in [0.717, 1.165) is 37.0 Å². The summed E-state index contributed by atoms with van der Waals surface area (Å²) in [6.45, 7) is 7.05. The summed E-state index contributed by atoms with van der Waals surface area (Å²) in [5.74, 6) is 6.48. The van der Waals surface area contributed by atoms with Crippen molar-refractivity contribution in [2.45, 2.75) is 58.7 Å². The normalized spacial score (nSPS) is 27.0. The van der Waals surface area contributed by atoms with Crippen molar-refractivity contribution in [2.75, 3.05) is 27.7 Å². The van der Waals surface area contributed by atoms with Gasteiger partial charge in [0.25, 0.3) is 0 Å². The molecule has 2 N–H and O–H groups in total. The molecule has 3 aliphatic rings. The van der Waals surface area contributed by atoms with Crippen molar-refractivity contribution in [3.05, 3.63) is 58.1 Å². The predicted molar refractivity (Wildman–Crippen MR) is 137 cm³/mol. The Morgan fingerprint density at radius 3 is 2.76 bits per heavy atom. The fraction of sp³-hybridized carbons (Fsp3) is 0.536. The van der Waals surface area contributed by atoms with Crippen LogP contribution in [0.4, 0.5) is 4.39 Å². The van der Waals surface area contributed by atoms with Crippen molar-refractivity contribution in [3.63, 3.8) is 0 Å². The molecular formula is C28H39FN4. The maximum Gasteiger partial charge on any atom is 0.115 e. The van der Waals surface area contributed by atoms with Gasteiger partial charge in [-0.3, -0.25) is 4.99 Å². The molecule has 4 unspecified atom stereocenters. The number of hydrogen-bond donors (Lipinski definition) is 1. The van der Waals surface area contributed by atoms with E-state index in [1.54, 1.807) is 20.2 Å². The first-order valence-electron chi connectivity index (χ1n) is 12.1. The van der Waals surface area contributed by atoms with E-state index >= 15 is 0 Å². The Labute approximate surface area is 199 Å². The Morgan fingerprint density at radius 1 is 1.39 bits per heavy atom. The van der Waals surface area contributed by atoms with Gasteiger partial charge in [0.2, 0.25) is 0 Å². The van der Waals surface area contributed by atoms with Crippen molar-refractivity contribution in [3.8, 4) is 11.8 Å². The number of allylic oxidation sites excluding steroid dienone is 6. The molecule has 0 saturated carbocycles. The van der Waals surface area contributed by atoms with Gasteiger partial charge in [0, 0.05) is 69.4 Å². The van der Waals surface area contributed by atoms with Gasteiger partial charge in [-0.25, -0.2) is 4.39 Å². The van der Waals surface area contributed by atoms with Crippen LogP contribution < -0.4 is 5.73 Å². The second-order valence-electron chi connectivity index (χ2n) is 9.39. The fourth-order valence-corrected chi connectivity index (χ4v) is 5.29. The molecular weight excluding hydrogens is 411 g/mol. The average Bonchev–Trinajstić information content (AvgIpc) is 2.77. The molecule has 1 aliphatic heterocycles. The standard InChI is InChI=1S/C28H39FN4/c1-7-21-14-19(2)27(32(5)6)16-28(21)33-13-9-10-22-15-25(23(17-30)18-31-4)24(20(3)29)11-8-12-26(22)33/h14-18,20-21,24,28H,7,9-10,12-13,30H2,1-6H3. The molecule has 0 bridgehead atoms. The van der Waals surface area contributed by atoms with Crippen LogP contribution in [0.1, 0.15) is 46.5 Å². The number of alkyl halides is 1. The van der Waals surface area contributed by atoms with E-state index in [-0.39, 0.29) is 6.04 Å². The molecule has 0 amide bonds. The van der Waals surface area contributed by atoms with Crippen LogP contribution in [-0.4, -0.2) is 55.9 Å². The third-order valence-corrected chi connectivity index (χ3v) is 6.93. The topological polar surface area (TPSA) is 44.9 Å². The van der Waals surface area contributed by atoms with Crippen LogP contribution in [0.2, 0.25) is 0 Å². The van der Waals surface area contributed by atoms with Crippen LogP contribution in [-0.2, 0) is 0 Å². The van der Waals surface area contributed by atoms with Crippen LogP contribution in [0.5, 0.6) is 0 Å². The lowest BCUT2D eigenvalue weighted by molar-refractivity contribution is 0.218. The lowest BCUT2D eigenvalue weighted by Crippen LogP contribution is -2.43. The van der Waals surface area contributed by atoms with Gasteiger partial charge in [-0.2, -0.15) is 0 Å². The predicted octanol–water partition coefficient (Wildman–Crippen LogP) is 4.99.